The van der Waals surface area contributed by atoms with Gasteiger partial charge in [-0.05, 0) is 46.6 Å². The van der Waals surface area contributed by atoms with Crippen LogP contribution in [0.5, 0.6) is 11.5 Å². The summed E-state index contributed by atoms with van der Waals surface area (Å²) in [6, 6.07) is 5.55. The lowest BCUT2D eigenvalue weighted by molar-refractivity contribution is -0.286. The standard InChI is InChI=1S/C15H11BrF2N2O3/c1-8(9-5-6-19-7-11(9)16)20-14(21)10-3-2-4-12-13(10)23-15(17,18)22-12/h2-8H,1H3,(H,20,21)/t8-/m0/s1. The van der Waals surface area contributed by atoms with Crippen LogP contribution >= 0.6 is 15.9 Å². The summed E-state index contributed by atoms with van der Waals surface area (Å²) in [5, 5.41) is 2.73. The summed E-state index contributed by atoms with van der Waals surface area (Å²) in [7, 11) is 0. The highest BCUT2D eigenvalue weighted by molar-refractivity contribution is 9.10. The number of ether oxygens (including phenoxy) is 2. The first-order valence-electron chi connectivity index (χ1n) is 6.66. The van der Waals surface area contributed by atoms with Crippen LogP contribution in [0.2, 0.25) is 0 Å². The molecule has 120 valence electrons. The SMILES string of the molecule is C[C@H](NC(=O)c1cccc2c1OC(F)(F)O2)c1ccncc1Br. The maximum absolute atomic E-state index is 13.2. The minimum atomic E-state index is -3.77. The highest BCUT2D eigenvalue weighted by atomic mass is 79.9. The summed E-state index contributed by atoms with van der Waals surface area (Å²) in [5.41, 5.74) is 0.792. The largest absolute Gasteiger partial charge is 0.586 e. The normalized spacial score (nSPS) is 16.0. The number of rotatable bonds is 3. The number of pyridine rings is 1. The van der Waals surface area contributed by atoms with Crippen molar-refractivity contribution in [1.29, 1.82) is 0 Å². The minimum absolute atomic E-state index is 0.0169. The molecule has 0 saturated heterocycles. The number of hydrogen-bond acceptors (Lipinski definition) is 4. The minimum Gasteiger partial charge on any atom is -0.395 e. The number of carbonyl (C=O) groups is 1. The van der Waals surface area contributed by atoms with Crippen LogP contribution < -0.4 is 14.8 Å². The summed E-state index contributed by atoms with van der Waals surface area (Å²) in [4.78, 5) is 16.3. The van der Waals surface area contributed by atoms with Crippen LogP contribution in [0.3, 0.4) is 0 Å². The number of alkyl halides is 2. The van der Waals surface area contributed by atoms with Gasteiger partial charge in [-0.25, -0.2) is 0 Å². The molecule has 0 bridgehead atoms. The van der Waals surface area contributed by atoms with Crippen LogP contribution in [0.1, 0.15) is 28.9 Å². The van der Waals surface area contributed by atoms with E-state index in [0.717, 1.165) is 10.0 Å². The zero-order valence-electron chi connectivity index (χ0n) is 11.8. The number of aromatic nitrogens is 1. The van der Waals surface area contributed by atoms with Crippen molar-refractivity contribution in [1.82, 2.24) is 10.3 Å². The lowest BCUT2D eigenvalue weighted by Crippen LogP contribution is -2.28. The van der Waals surface area contributed by atoms with E-state index in [4.69, 9.17) is 0 Å². The summed E-state index contributed by atoms with van der Waals surface area (Å²) < 4.78 is 35.8. The monoisotopic (exact) mass is 384 g/mol. The first-order chi connectivity index (χ1) is 10.9. The summed E-state index contributed by atoms with van der Waals surface area (Å²) >= 11 is 3.35. The predicted octanol–water partition coefficient (Wildman–Crippen LogP) is 3.66. The van der Waals surface area contributed by atoms with Gasteiger partial charge in [0.05, 0.1) is 11.6 Å². The molecule has 0 spiro atoms. The van der Waals surface area contributed by atoms with Gasteiger partial charge in [-0.3, -0.25) is 9.78 Å². The molecule has 0 radical (unpaired) electrons. The van der Waals surface area contributed by atoms with E-state index in [-0.39, 0.29) is 23.1 Å². The lowest BCUT2D eigenvalue weighted by atomic mass is 10.1. The van der Waals surface area contributed by atoms with Crippen molar-refractivity contribution < 1.29 is 23.0 Å². The Balaban J connectivity index is 1.83. The van der Waals surface area contributed by atoms with Gasteiger partial charge in [-0.15, -0.1) is 8.78 Å². The number of hydrogen-bond donors (Lipinski definition) is 1. The van der Waals surface area contributed by atoms with Crippen LogP contribution in [0, 0.1) is 0 Å². The molecule has 5 nitrogen and oxygen atoms in total. The zero-order valence-corrected chi connectivity index (χ0v) is 13.4. The van der Waals surface area contributed by atoms with Crippen molar-refractivity contribution >= 4 is 21.8 Å². The molecule has 1 atom stereocenters. The topological polar surface area (TPSA) is 60.5 Å². The molecule has 1 aliphatic heterocycles. The average molecular weight is 385 g/mol. The molecule has 1 aliphatic rings. The van der Waals surface area contributed by atoms with E-state index in [1.54, 1.807) is 25.4 Å². The number of nitrogens with zero attached hydrogens (tertiary/aromatic N) is 1. The smallest absolute Gasteiger partial charge is 0.395 e. The van der Waals surface area contributed by atoms with Crippen molar-refractivity contribution in [2.45, 2.75) is 19.3 Å². The molecule has 0 fully saturated rings. The second-order valence-electron chi connectivity index (χ2n) is 4.89. The van der Waals surface area contributed by atoms with Gasteiger partial charge in [-0.2, -0.15) is 0 Å². The quantitative estimate of drug-likeness (QED) is 0.876. The van der Waals surface area contributed by atoms with Gasteiger partial charge < -0.3 is 14.8 Å². The number of halogens is 3. The summed E-state index contributed by atoms with van der Waals surface area (Å²) in [5.74, 6) is -0.976. The molecule has 3 rings (SSSR count). The second kappa shape index (κ2) is 5.77. The Morgan fingerprint density at radius 2 is 2.13 bits per heavy atom. The fourth-order valence-electron chi connectivity index (χ4n) is 2.24. The number of amides is 1. The molecule has 23 heavy (non-hydrogen) atoms. The van der Waals surface area contributed by atoms with Gasteiger partial charge in [0.2, 0.25) is 0 Å². The number of para-hydroxylation sites is 1. The maximum atomic E-state index is 13.2. The number of nitrogens with one attached hydrogen (secondary N) is 1. The first kappa shape index (κ1) is 15.7. The number of benzene rings is 1. The van der Waals surface area contributed by atoms with Gasteiger partial charge in [-0.1, -0.05) is 6.07 Å². The Bertz CT molecular complexity index is 770. The Hall–Kier alpha value is -2.22. The molecule has 1 aromatic heterocycles. The molecule has 1 N–H and O–H groups in total. The number of carbonyl (C=O) groups excluding carboxylic acids is 1. The van der Waals surface area contributed by atoms with Crippen molar-refractivity contribution in [2.24, 2.45) is 0 Å². The second-order valence-corrected chi connectivity index (χ2v) is 5.75. The highest BCUT2D eigenvalue weighted by Gasteiger charge is 2.45. The third kappa shape index (κ3) is 3.12. The van der Waals surface area contributed by atoms with E-state index < -0.39 is 12.2 Å². The Kier molecular flexibility index (Phi) is 3.93. The Labute approximate surface area is 138 Å². The van der Waals surface area contributed by atoms with Crippen LogP contribution in [0.4, 0.5) is 8.78 Å². The molecule has 0 aliphatic carbocycles. The Morgan fingerprint density at radius 3 is 2.87 bits per heavy atom. The fourth-order valence-corrected chi connectivity index (χ4v) is 2.83. The molecular weight excluding hydrogens is 374 g/mol. The summed E-state index contributed by atoms with van der Waals surface area (Å²) in [6.45, 7) is 1.77. The van der Waals surface area contributed by atoms with Crippen LogP contribution in [-0.4, -0.2) is 17.2 Å². The van der Waals surface area contributed by atoms with Gasteiger partial charge in [0.25, 0.3) is 5.91 Å². The average Bonchev–Trinajstić information content (AvgIpc) is 2.80. The van der Waals surface area contributed by atoms with Crippen LogP contribution in [0.15, 0.2) is 41.1 Å². The molecule has 1 aromatic carbocycles. The third-order valence-corrected chi connectivity index (χ3v) is 3.95. The van der Waals surface area contributed by atoms with Crippen molar-refractivity contribution in [2.75, 3.05) is 0 Å². The van der Waals surface area contributed by atoms with E-state index >= 15 is 0 Å². The van der Waals surface area contributed by atoms with Crippen LogP contribution in [-0.2, 0) is 0 Å². The summed E-state index contributed by atoms with van der Waals surface area (Å²) in [6.07, 6.45) is -0.561. The van der Waals surface area contributed by atoms with E-state index in [1.165, 1.54) is 18.2 Å². The molecular formula is C15H11BrF2N2O3. The Morgan fingerprint density at radius 1 is 1.35 bits per heavy atom. The third-order valence-electron chi connectivity index (χ3n) is 3.29. The highest BCUT2D eigenvalue weighted by Crippen LogP contribution is 2.43. The molecule has 0 unspecified atom stereocenters. The van der Waals surface area contributed by atoms with E-state index in [1.807, 2.05) is 0 Å². The van der Waals surface area contributed by atoms with Crippen LogP contribution in [0.25, 0.3) is 0 Å². The lowest BCUT2D eigenvalue weighted by Gasteiger charge is -2.16. The van der Waals surface area contributed by atoms with Crippen molar-refractivity contribution in [3.63, 3.8) is 0 Å². The van der Waals surface area contributed by atoms with Crippen molar-refractivity contribution in [3.8, 4) is 11.5 Å². The van der Waals surface area contributed by atoms with Crippen molar-refractivity contribution in [3.05, 3.63) is 52.3 Å². The molecule has 2 heterocycles. The molecule has 1 amide bonds. The van der Waals surface area contributed by atoms with E-state index in [9.17, 15) is 13.6 Å². The van der Waals surface area contributed by atoms with Gasteiger partial charge in [0.15, 0.2) is 11.5 Å². The van der Waals surface area contributed by atoms with Gasteiger partial charge >= 0.3 is 6.29 Å². The van der Waals surface area contributed by atoms with Gasteiger partial charge in [0.1, 0.15) is 0 Å². The molecule has 0 saturated carbocycles. The predicted molar refractivity (Wildman–Crippen MR) is 80.5 cm³/mol. The van der Waals surface area contributed by atoms with E-state index in [0.29, 0.717) is 0 Å². The fraction of sp³-hybridized carbons (Fsp3) is 0.200. The molecule has 2 aromatic rings. The molecule has 8 heteroatoms. The first-order valence-corrected chi connectivity index (χ1v) is 7.46. The van der Waals surface area contributed by atoms with Gasteiger partial charge in [0, 0.05) is 16.9 Å². The van der Waals surface area contributed by atoms with E-state index in [2.05, 4.69) is 35.7 Å². The zero-order chi connectivity index (χ0) is 16.6. The maximum Gasteiger partial charge on any atom is 0.586 e. The number of fused-ring (bicyclic) bond motifs is 1.